The molecule has 0 saturated heterocycles. The summed E-state index contributed by atoms with van der Waals surface area (Å²) in [5, 5.41) is 0. The normalized spacial score (nSPS) is 13.2. The van der Waals surface area contributed by atoms with Crippen molar-refractivity contribution in [3.8, 4) is 0 Å². The van der Waals surface area contributed by atoms with Crippen LogP contribution in [0.1, 0.15) is 12.5 Å². The molecule has 13 heavy (non-hydrogen) atoms. The number of hydrogen-bond acceptors (Lipinski definition) is 3. The van der Waals surface area contributed by atoms with Crippen molar-refractivity contribution in [1.29, 1.82) is 0 Å². The minimum absolute atomic E-state index is 0.116. The van der Waals surface area contributed by atoms with Crippen LogP contribution in [0.15, 0.2) is 23.0 Å². The molecule has 0 bridgehead atoms. The van der Waals surface area contributed by atoms with Gasteiger partial charge in [-0.2, -0.15) is 0 Å². The standard InChI is InChI=1S/C9H14N2OS/c1-7(9(10)13)11(2)5-8-3-4-12-6-8/h3-4,6-7H,5H2,1-2H3,(H2,10,13). The summed E-state index contributed by atoms with van der Waals surface area (Å²) in [5.74, 6) is 0. The molecule has 1 rings (SSSR count). The zero-order chi connectivity index (χ0) is 9.84. The van der Waals surface area contributed by atoms with E-state index in [1.54, 1.807) is 12.5 Å². The molecule has 0 aliphatic carbocycles. The Bertz CT molecular complexity index is 271. The van der Waals surface area contributed by atoms with Crippen LogP contribution >= 0.6 is 12.2 Å². The van der Waals surface area contributed by atoms with Crippen molar-refractivity contribution in [2.75, 3.05) is 7.05 Å². The van der Waals surface area contributed by atoms with Crippen molar-refractivity contribution >= 4 is 17.2 Å². The molecule has 0 fully saturated rings. The number of hydrogen-bond donors (Lipinski definition) is 1. The van der Waals surface area contributed by atoms with Crippen LogP contribution in [-0.4, -0.2) is 23.0 Å². The Balaban J connectivity index is 2.50. The fraction of sp³-hybridized carbons (Fsp3) is 0.444. The number of likely N-dealkylation sites (N-methyl/N-ethyl adjacent to an activating group) is 1. The summed E-state index contributed by atoms with van der Waals surface area (Å²) in [6.45, 7) is 2.79. The van der Waals surface area contributed by atoms with E-state index in [9.17, 15) is 0 Å². The molecule has 1 atom stereocenters. The maximum atomic E-state index is 5.53. The van der Waals surface area contributed by atoms with Crippen LogP contribution in [0.3, 0.4) is 0 Å². The molecule has 0 saturated carbocycles. The molecule has 4 heteroatoms. The first kappa shape index (κ1) is 10.2. The largest absolute Gasteiger partial charge is 0.472 e. The molecular formula is C9H14N2OS. The third-order valence-electron chi connectivity index (χ3n) is 2.08. The molecule has 0 amide bonds. The molecule has 0 aliphatic rings. The van der Waals surface area contributed by atoms with Gasteiger partial charge in [-0.05, 0) is 20.0 Å². The van der Waals surface area contributed by atoms with Gasteiger partial charge in [-0.25, -0.2) is 0 Å². The van der Waals surface area contributed by atoms with Crippen molar-refractivity contribution in [2.24, 2.45) is 5.73 Å². The van der Waals surface area contributed by atoms with E-state index < -0.39 is 0 Å². The lowest BCUT2D eigenvalue weighted by molar-refractivity contribution is 0.303. The van der Waals surface area contributed by atoms with Crippen molar-refractivity contribution in [1.82, 2.24) is 4.90 Å². The fourth-order valence-electron chi connectivity index (χ4n) is 1.02. The average Bonchev–Trinajstić information content (AvgIpc) is 2.55. The molecule has 72 valence electrons. The first-order valence-electron chi connectivity index (χ1n) is 4.12. The van der Waals surface area contributed by atoms with E-state index in [1.807, 2.05) is 20.0 Å². The minimum Gasteiger partial charge on any atom is -0.472 e. The van der Waals surface area contributed by atoms with E-state index in [1.165, 1.54) is 0 Å². The van der Waals surface area contributed by atoms with Crippen molar-refractivity contribution < 1.29 is 4.42 Å². The molecule has 1 aromatic heterocycles. The summed E-state index contributed by atoms with van der Waals surface area (Å²) in [6, 6.07) is 2.05. The Morgan fingerprint density at radius 2 is 2.46 bits per heavy atom. The number of nitrogens with two attached hydrogens (primary N) is 1. The van der Waals surface area contributed by atoms with E-state index in [0.29, 0.717) is 4.99 Å². The van der Waals surface area contributed by atoms with Crippen LogP contribution in [0.5, 0.6) is 0 Å². The molecular weight excluding hydrogens is 184 g/mol. The zero-order valence-corrected chi connectivity index (χ0v) is 8.67. The van der Waals surface area contributed by atoms with Crippen LogP contribution < -0.4 is 5.73 Å². The predicted molar refractivity (Wildman–Crippen MR) is 56.4 cm³/mol. The maximum Gasteiger partial charge on any atom is 0.0947 e. The van der Waals surface area contributed by atoms with Gasteiger partial charge in [0.15, 0.2) is 0 Å². The summed E-state index contributed by atoms with van der Waals surface area (Å²) in [4.78, 5) is 2.60. The summed E-state index contributed by atoms with van der Waals surface area (Å²) in [6.07, 6.45) is 3.39. The van der Waals surface area contributed by atoms with Gasteiger partial charge >= 0.3 is 0 Å². The molecule has 1 unspecified atom stereocenters. The van der Waals surface area contributed by atoms with Crippen LogP contribution in [0.25, 0.3) is 0 Å². The van der Waals surface area contributed by atoms with Gasteiger partial charge in [0.2, 0.25) is 0 Å². The SMILES string of the molecule is CC(C(N)=S)N(C)Cc1ccoc1. The lowest BCUT2D eigenvalue weighted by atomic mass is 10.2. The van der Waals surface area contributed by atoms with Gasteiger partial charge in [0.05, 0.1) is 23.6 Å². The Morgan fingerprint density at radius 3 is 2.92 bits per heavy atom. The first-order chi connectivity index (χ1) is 6.11. The molecule has 1 aromatic rings. The first-order valence-corrected chi connectivity index (χ1v) is 4.52. The van der Waals surface area contributed by atoms with Crippen LogP contribution in [0.4, 0.5) is 0 Å². The molecule has 0 radical (unpaired) electrons. The predicted octanol–water partition coefficient (Wildman–Crippen LogP) is 1.39. The lowest BCUT2D eigenvalue weighted by Gasteiger charge is -2.22. The Morgan fingerprint density at radius 1 is 1.77 bits per heavy atom. The van der Waals surface area contributed by atoms with Crippen molar-refractivity contribution in [2.45, 2.75) is 19.5 Å². The van der Waals surface area contributed by atoms with Gasteiger partial charge in [-0.3, -0.25) is 4.90 Å². The second-order valence-corrected chi connectivity index (χ2v) is 3.60. The van der Waals surface area contributed by atoms with E-state index >= 15 is 0 Å². The highest BCUT2D eigenvalue weighted by atomic mass is 32.1. The summed E-state index contributed by atoms with van der Waals surface area (Å²) >= 11 is 4.90. The fourth-order valence-corrected chi connectivity index (χ4v) is 1.20. The lowest BCUT2D eigenvalue weighted by Crippen LogP contribution is -2.38. The third kappa shape index (κ3) is 2.82. The number of furan rings is 1. The van der Waals surface area contributed by atoms with Crippen LogP contribution in [0, 0.1) is 0 Å². The van der Waals surface area contributed by atoms with Gasteiger partial charge in [0, 0.05) is 12.1 Å². The van der Waals surface area contributed by atoms with E-state index in [4.69, 9.17) is 22.4 Å². The molecule has 1 heterocycles. The highest BCUT2D eigenvalue weighted by Gasteiger charge is 2.11. The van der Waals surface area contributed by atoms with Gasteiger partial charge in [0.25, 0.3) is 0 Å². The third-order valence-corrected chi connectivity index (χ3v) is 2.43. The molecule has 0 aliphatic heterocycles. The number of rotatable bonds is 4. The summed E-state index contributed by atoms with van der Waals surface area (Å²) in [5.41, 5.74) is 6.66. The van der Waals surface area contributed by atoms with Gasteiger partial charge in [-0.1, -0.05) is 12.2 Å². The van der Waals surface area contributed by atoms with E-state index in [-0.39, 0.29) is 6.04 Å². The average molecular weight is 198 g/mol. The Labute approximate surface area is 83.5 Å². The summed E-state index contributed by atoms with van der Waals surface area (Å²) < 4.78 is 4.96. The van der Waals surface area contributed by atoms with Crippen LogP contribution in [-0.2, 0) is 6.54 Å². The molecule has 0 aromatic carbocycles. The topological polar surface area (TPSA) is 42.4 Å². The summed E-state index contributed by atoms with van der Waals surface area (Å²) in [7, 11) is 1.98. The van der Waals surface area contributed by atoms with Crippen LogP contribution in [0.2, 0.25) is 0 Å². The zero-order valence-electron chi connectivity index (χ0n) is 7.86. The second-order valence-electron chi connectivity index (χ2n) is 3.13. The Kier molecular flexibility index (Phi) is 3.45. The number of nitrogens with zero attached hydrogens (tertiary/aromatic N) is 1. The van der Waals surface area contributed by atoms with Gasteiger partial charge < -0.3 is 10.2 Å². The maximum absolute atomic E-state index is 5.53. The molecule has 3 nitrogen and oxygen atoms in total. The van der Waals surface area contributed by atoms with Gasteiger partial charge in [0.1, 0.15) is 0 Å². The molecule has 0 spiro atoms. The highest BCUT2D eigenvalue weighted by molar-refractivity contribution is 7.80. The minimum atomic E-state index is 0.116. The quantitative estimate of drug-likeness (QED) is 0.742. The number of thiocarbonyl (C=S) groups is 1. The second kappa shape index (κ2) is 4.39. The van der Waals surface area contributed by atoms with E-state index in [2.05, 4.69) is 4.90 Å². The van der Waals surface area contributed by atoms with Crippen molar-refractivity contribution in [3.63, 3.8) is 0 Å². The van der Waals surface area contributed by atoms with E-state index in [0.717, 1.165) is 12.1 Å². The Hall–Kier alpha value is -0.870. The monoisotopic (exact) mass is 198 g/mol. The highest BCUT2D eigenvalue weighted by Crippen LogP contribution is 2.06. The molecule has 2 N–H and O–H groups in total. The van der Waals surface area contributed by atoms with Gasteiger partial charge in [-0.15, -0.1) is 0 Å². The smallest absolute Gasteiger partial charge is 0.0947 e. The van der Waals surface area contributed by atoms with Crippen molar-refractivity contribution in [3.05, 3.63) is 24.2 Å².